The fourth-order valence-corrected chi connectivity index (χ4v) is 3.45. The van der Waals surface area contributed by atoms with Crippen LogP contribution in [0.25, 0.3) is 0 Å². The van der Waals surface area contributed by atoms with Gasteiger partial charge in [-0.05, 0) is 37.4 Å². The maximum atomic E-state index is 13.2. The lowest BCUT2D eigenvalue weighted by Crippen LogP contribution is -2.36. The van der Waals surface area contributed by atoms with Gasteiger partial charge in [-0.25, -0.2) is 4.39 Å². The van der Waals surface area contributed by atoms with E-state index in [4.69, 9.17) is 0 Å². The quantitative estimate of drug-likeness (QED) is 0.586. The van der Waals surface area contributed by atoms with Crippen LogP contribution in [0.3, 0.4) is 0 Å². The highest BCUT2D eigenvalue weighted by Gasteiger charge is 2.31. The summed E-state index contributed by atoms with van der Waals surface area (Å²) in [6.45, 7) is -0.191. The number of halogens is 1. The number of nitriles is 1. The van der Waals surface area contributed by atoms with Gasteiger partial charge in [0.2, 0.25) is 5.91 Å². The zero-order chi connectivity index (χ0) is 21.8. The number of ketones is 1. The molecule has 0 saturated carbocycles. The van der Waals surface area contributed by atoms with Crippen LogP contribution in [0.15, 0.2) is 59.9 Å². The van der Waals surface area contributed by atoms with Crippen molar-refractivity contribution in [3.63, 3.8) is 0 Å². The molecule has 0 aromatic heterocycles. The molecule has 2 aromatic rings. The average molecular weight is 407 g/mol. The van der Waals surface area contributed by atoms with Crippen LogP contribution in [0.5, 0.6) is 0 Å². The van der Waals surface area contributed by atoms with Gasteiger partial charge in [-0.2, -0.15) is 5.26 Å². The SMILES string of the molecule is CN(CC(=O)Nc1cccc(F)c1)CC(=O)C(C#N)=C1N(C)c2ccccc2N1C. The zero-order valence-corrected chi connectivity index (χ0v) is 17.0. The number of Topliss-reactive ketones (excluding diaryl/α,β-unsaturated/α-hetero) is 1. The molecule has 0 radical (unpaired) electrons. The standard InChI is InChI=1S/C22H22FN5O2/c1-26(14-21(30)25-16-8-6-7-15(23)11-16)13-20(29)17(12-24)22-27(2)18-9-4-5-10-19(18)28(22)3/h4-11H,13-14H2,1-3H3,(H,25,30). The predicted octanol–water partition coefficient (Wildman–Crippen LogP) is 2.59. The third-order valence-electron chi connectivity index (χ3n) is 4.79. The lowest BCUT2D eigenvalue weighted by Gasteiger charge is -2.21. The Morgan fingerprint density at radius 2 is 1.70 bits per heavy atom. The van der Waals surface area contributed by atoms with Crippen molar-refractivity contribution in [2.45, 2.75) is 0 Å². The Balaban J connectivity index is 1.69. The van der Waals surface area contributed by atoms with E-state index in [1.165, 1.54) is 23.1 Å². The first-order valence-corrected chi connectivity index (χ1v) is 9.30. The van der Waals surface area contributed by atoms with Gasteiger partial charge in [0.1, 0.15) is 23.3 Å². The second kappa shape index (κ2) is 8.76. The number of nitrogens with one attached hydrogen (secondary N) is 1. The van der Waals surface area contributed by atoms with Gasteiger partial charge in [0.15, 0.2) is 5.78 Å². The van der Waals surface area contributed by atoms with Crippen LogP contribution < -0.4 is 15.1 Å². The van der Waals surface area contributed by atoms with Gasteiger partial charge < -0.3 is 15.1 Å². The molecular formula is C22H22FN5O2. The van der Waals surface area contributed by atoms with Gasteiger partial charge in [-0.15, -0.1) is 0 Å². The summed E-state index contributed by atoms with van der Waals surface area (Å²) in [4.78, 5) is 30.2. The van der Waals surface area contributed by atoms with Gasteiger partial charge in [0, 0.05) is 19.8 Å². The average Bonchev–Trinajstić information content (AvgIpc) is 2.94. The second-order valence-electron chi connectivity index (χ2n) is 7.07. The van der Waals surface area contributed by atoms with E-state index in [1.54, 1.807) is 27.2 Å². The number of benzene rings is 2. The Labute approximate surface area is 174 Å². The minimum atomic E-state index is -0.451. The lowest BCUT2D eigenvalue weighted by molar-refractivity contribution is -0.119. The first-order chi connectivity index (χ1) is 14.3. The number of carbonyl (C=O) groups is 2. The number of rotatable bonds is 6. The largest absolute Gasteiger partial charge is 0.328 e. The summed E-state index contributed by atoms with van der Waals surface area (Å²) in [5.41, 5.74) is 2.16. The Bertz CT molecular complexity index is 1030. The third-order valence-corrected chi connectivity index (χ3v) is 4.79. The smallest absolute Gasteiger partial charge is 0.238 e. The fraction of sp³-hybridized carbons (Fsp3) is 0.227. The maximum Gasteiger partial charge on any atom is 0.238 e. The summed E-state index contributed by atoms with van der Waals surface area (Å²) in [6.07, 6.45) is 0. The topological polar surface area (TPSA) is 79.7 Å². The van der Waals surface area contributed by atoms with E-state index in [0.29, 0.717) is 11.5 Å². The molecule has 1 heterocycles. The van der Waals surface area contributed by atoms with E-state index >= 15 is 0 Å². The van der Waals surface area contributed by atoms with E-state index < -0.39 is 5.82 Å². The second-order valence-corrected chi connectivity index (χ2v) is 7.07. The number of anilines is 3. The van der Waals surface area contributed by atoms with Crippen LogP contribution in [0.2, 0.25) is 0 Å². The lowest BCUT2D eigenvalue weighted by atomic mass is 10.1. The Kier molecular flexibility index (Phi) is 6.14. The molecule has 0 fully saturated rings. The highest BCUT2D eigenvalue weighted by molar-refractivity contribution is 6.04. The van der Waals surface area contributed by atoms with E-state index in [9.17, 15) is 19.2 Å². The molecule has 30 heavy (non-hydrogen) atoms. The molecule has 1 N–H and O–H groups in total. The van der Waals surface area contributed by atoms with Gasteiger partial charge in [0.25, 0.3) is 0 Å². The molecule has 0 spiro atoms. The first-order valence-electron chi connectivity index (χ1n) is 9.30. The van der Waals surface area contributed by atoms with Crippen LogP contribution >= 0.6 is 0 Å². The summed E-state index contributed by atoms with van der Waals surface area (Å²) in [6, 6.07) is 15.2. The molecule has 2 aromatic carbocycles. The molecule has 7 nitrogen and oxygen atoms in total. The Morgan fingerprint density at radius 1 is 1.07 bits per heavy atom. The highest BCUT2D eigenvalue weighted by atomic mass is 19.1. The number of para-hydroxylation sites is 2. The monoisotopic (exact) mass is 407 g/mol. The van der Waals surface area contributed by atoms with Crippen molar-refractivity contribution < 1.29 is 14.0 Å². The van der Waals surface area contributed by atoms with Gasteiger partial charge in [-0.1, -0.05) is 18.2 Å². The predicted molar refractivity (Wildman–Crippen MR) is 113 cm³/mol. The van der Waals surface area contributed by atoms with Crippen molar-refractivity contribution in [3.8, 4) is 6.07 Å². The number of nitrogens with zero attached hydrogens (tertiary/aromatic N) is 4. The Morgan fingerprint density at radius 3 is 2.27 bits per heavy atom. The summed E-state index contributed by atoms with van der Waals surface area (Å²) in [5, 5.41) is 12.3. The molecule has 0 aliphatic carbocycles. The van der Waals surface area contributed by atoms with Crippen molar-refractivity contribution in [1.29, 1.82) is 5.26 Å². The molecule has 0 atom stereocenters. The number of fused-ring (bicyclic) bond motifs is 1. The molecule has 8 heteroatoms. The van der Waals surface area contributed by atoms with Gasteiger partial charge in [-0.3, -0.25) is 14.5 Å². The number of carbonyl (C=O) groups excluding carboxylic acids is 2. The van der Waals surface area contributed by atoms with E-state index in [-0.39, 0.29) is 30.4 Å². The number of hydrogen-bond donors (Lipinski definition) is 1. The van der Waals surface area contributed by atoms with Crippen molar-refractivity contribution in [3.05, 3.63) is 65.7 Å². The van der Waals surface area contributed by atoms with E-state index in [0.717, 1.165) is 11.4 Å². The van der Waals surface area contributed by atoms with Gasteiger partial charge in [0.05, 0.1) is 24.5 Å². The number of hydrogen-bond acceptors (Lipinski definition) is 6. The van der Waals surface area contributed by atoms with E-state index in [2.05, 4.69) is 5.32 Å². The first kappa shape index (κ1) is 21.0. The van der Waals surface area contributed by atoms with Crippen LogP contribution in [-0.4, -0.2) is 50.8 Å². The molecule has 1 aliphatic rings. The van der Waals surface area contributed by atoms with Crippen molar-refractivity contribution in [1.82, 2.24) is 4.90 Å². The normalized spacial score (nSPS) is 12.6. The summed E-state index contributed by atoms with van der Waals surface area (Å²) < 4.78 is 13.2. The minimum Gasteiger partial charge on any atom is -0.328 e. The van der Waals surface area contributed by atoms with Gasteiger partial charge >= 0.3 is 0 Å². The van der Waals surface area contributed by atoms with Crippen LogP contribution in [-0.2, 0) is 9.59 Å². The van der Waals surface area contributed by atoms with Crippen LogP contribution in [0, 0.1) is 17.1 Å². The molecule has 154 valence electrons. The maximum absolute atomic E-state index is 13.2. The molecule has 0 unspecified atom stereocenters. The zero-order valence-electron chi connectivity index (χ0n) is 17.0. The molecule has 0 bridgehead atoms. The highest BCUT2D eigenvalue weighted by Crippen LogP contribution is 2.40. The third kappa shape index (κ3) is 4.31. The number of likely N-dealkylation sites (N-methyl/N-ethyl adjacent to an activating group) is 1. The summed E-state index contributed by atoms with van der Waals surface area (Å²) in [7, 11) is 5.22. The van der Waals surface area contributed by atoms with Crippen LogP contribution in [0.1, 0.15) is 0 Å². The molecule has 3 rings (SSSR count). The molecule has 1 amide bonds. The molecule has 0 saturated heterocycles. The van der Waals surface area contributed by atoms with E-state index in [1.807, 2.05) is 40.1 Å². The summed E-state index contributed by atoms with van der Waals surface area (Å²) >= 11 is 0. The fourth-order valence-electron chi connectivity index (χ4n) is 3.45. The molecular weight excluding hydrogens is 385 g/mol. The number of amides is 1. The van der Waals surface area contributed by atoms with Crippen molar-refractivity contribution in [2.24, 2.45) is 0 Å². The Hall–Kier alpha value is -3.70. The summed E-state index contributed by atoms with van der Waals surface area (Å²) in [5.74, 6) is -0.724. The van der Waals surface area contributed by atoms with Crippen LogP contribution in [0.4, 0.5) is 21.5 Å². The van der Waals surface area contributed by atoms with Crippen molar-refractivity contribution >= 4 is 28.8 Å². The molecule has 1 aliphatic heterocycles. The minimum absolute atomic E-state index is 0.0218. The van der Waals surface area contributed by atoms with Crippen molar-refractivity contribution in [2.75, 3.05) is 49.3 Å².